The first-order valence-electron chi connectivity index (χ1n) is 14.6. The topological polar surface area (TPSA) is 57.4 Å². The molecule has 2 aromatic heterocycles. The second-order valence-electron chi connectivity index (χ2n) is 11.4. The molecule has 0 aliphatic carbocycles. The first-order valence-corrected chi connectivity index (χ1v) is 14.6. The fourth-order valence-corrected chi connectivity index (χ4v) is 6.72. The zero-order valence-corrected chi connectivity index (χ0v) is 24.3. The minimum Gasteiger partial charge on any atom is -0.309 e. The Kier molecular flexibility index (Phi) is 5.66. The third kappa shape index (κ3) is 3.76. The maximum Gasteiger partial charge on any atom is 0.0991 e. The predicted octanol–water partition coefficient (Wildman–Crippen LogP) is 9.91. The van der Waals surface area contributed by atoms with Crippen molar-refractivity contribution in [1.29, 1.82) is 10.5 Å². The molecular formula is C40H26N4. The van der Waals surface area contributed by atoms with Crippen molar-refractivity contribution in [3.8, 4) is 34.6 Å². The van der Waals surface area contributed by atoms with Crippen LogP contribution >= 0.6 is 0 Å². The van der Waals surface area contributed by atoms with Gasteiger partial charge in [0.2, 0.25) is 0 Å². The Bertz CT molecular complexity index is 2370. The van der Waals surface area contributed by atoms with Crippen molar-refractivity contribution in [3.05, 3.63) is 144 Å². The van der Waals surface area contributed by atoms with Crippen molar-refractivity contribution in [1.82, 2.24) is 9.13 Å². The molecule has 206 valence electrons. The van der Waals surface area contributed by atoms with Crippen molar-refractivity contribution >= 4 is 43.6 Å². The van der Waals surface area contributed by atoms with Crippen molar-refractivity contribution in [3.63, 3.8) is 0 Å². The van der Waals surface area contributed by atoms with Gasteiger partial charge >= 0.3 is 0 Å². The van der Waals surface area contributed by atoms with Gasteiger partial charge in [-0.1, -0.05) is 48.5 Å². The van der Waals surface area contributed by atoms with Gasteiger partial charge in [-0.25, -0.2) is 0 Å². The van der Waals surface area contributed by atoms with Crippen molar-refractivity contribution < 1.29 is 0 Å². The molecule has 4 heteroatoms. The molecule has 0 unspecified atom stereocenters. The Morgan fingerprint density at radius 1 is 0.432 bits per heavy atom. The van der Waals surface area contributed by atoms with Crippen molar-refractivity contribution in [2.45, 2.75) is 13.8 Å². The van der Waals surface area contributed by atoms with Crippen LogP contribution in [-0.2, 0) is 0 Å². The SMILES string of the molecule is Cc1ccc(-n2c3ccccc3c3cc(C#N)ccc32)cc1-c1cc(-n2c3ccccc3c3cc(C#N)ccc32)ccc1C. The molecular weight excluding hydrogens is 536 g/mol. The van der Waals surface area contributed by atoms with Crippen LogP contribution < -0.4 is 0 Å². The summed E-state index contributed by atoms with van der Waals surface area (Å²) < 4.78 is 4.60. The lowest BCUT2D eigenvalue weighted by molar-refractivity contribution is 1.17. The summed E-state index contributed by atoms with van der Waals surface area (Å²) in [6.45, 7) is 4.33. The maximum atomic E-state index is 9.57. The van der Waals surface area contributed by atoms with Gasteiger partial charge in [0.1, 0.15) is 0 Å². The average Bonchev–Trinajstić information content (AvgIpc) is 3.57. The first-order chi connectivity index (χ1) is 21.6. The Labute approximate surface area is 254 Å². The van der Waals surface area contributed by atoms with E-state index in [1.807, 2.05) is 24.3 Å². The Morgan fingerprint density at radius 3 is 1.27 bits per heavy atom. The van der Waals surface area contributed by atoms with Gasteiger partial charge in [-0.3, -0.25) is 0 Å². The van der Waals surface area contributed by atoms with E-state index in [-0.39, 0.29) is 0 Å². The number of nitrogens with zero attached hydrogens (tertiary/aromatic N) is 4. The van der Waals surface area contributed by atoms with E-state index in [9.17, 15) is 10.5 Å². The zero-order valence-electron chi connectivity index (χ0n) is 24.3. The quantitative estimate of drug-likeness (QED) is 0.215. The highest BCUT2D eigenvalue weighted by molar-refractivity contribution is 6.10. The molecule has 0 radical (unpaired) electrons. The number of hydrogen-bond donors (Lipinski definition) is 0. The molecule has 0 spiro atoms. The van der Waals surface area contributed by atoms with E-state index in [0.29, 0.717) is 11.1 Å². The highest BCUT2D eigenvalue weighted by atomic mass is 15.0. The zero-order chi connectivity index (χ0) is 29.9. The number of nitriles is 2. The standard InChI is InChI=1S/C40H26N4/c1-25-11-15-29(43-37-9-5-3-7-31(37)35-19-27(23-41)13-17-39(35)43)21-33(25)34-22-30(16-12-26(34)2)44-38-10-6-4-8-32(38)36-20-28(24-42)14-18-40(36)44/h3-22H,1-2H3. The normalized spacial score (nSPS) is 11.4. The number of hydrogen-bond acceptors (Lipinski definition) is 2. The van der Waals surface area contributed by atoms with E-state index < -0.39 is 0 Å². The van der Waals surface area contributed by atoms with Crippen LogP contribution in [0.25, 0.3) is 66.1 Å². The maximum absolute atomic E-state index is 9.57. The molecule has 0 atom stereocenters. The van der Waals surface area contributed by atoms with Gasteiger partial charge < -0.3 is 9.13 Å². The number of aromatic nitrogens is 2. The van der Waals surface area contributed by atoms with E-state index in [4.69, 9.17) is 0 Å². The molecule has 0 N–H and O–H groups in total. The number of rotatable bonds is 3. The fraction of sp³-hybridized carbons (Fsp3) is 0.0500. The Hall–Kier alpha value is -6.10. The summed E-state index contributed by atoms with van der Waals surface area (Å²) in [4.78, 5) is 0. The van der Waals surface area contributed by atoms with Crippen molar-refractivity contribution in [2.75, 3.05) is 0 Å². The van der Waals surface area contributed by atoms with Gasteiger partial charge in [-0.2, -0.15) is 10.5 Å². The van der Waals surface area contributed by atoms with Gasteiger partial charge in [0.05, 0.1) is 45.3 Å². The summed E-state index contributed by atoms with van der Waals surface area (Å²) in [6.07, 6.45) is 0. The summed E-state index contributed by atoms with van der Waals surface area (Å²) in [7, 11) is 0. The number of fused-ring (bicyclic) bond motifs is 6. The molecule has 0 fully saturated rings. The van der Waals surface area contributed by atoms with Crippen LogP contribution in [0.3, 0.4) is 0 Å². The molecule has 44 heavy (non-hydrogen) atoms. The minimum absolute atomic E-state index is 0.659. The van der Waals surface area contributed by atoms with Crippen LogP contribution in [0, 0.1) is 36.5 Å². The third-order valence-electron chi connectivity index (χ3n) is 8.85. The summed E-state index contributed by atoms with van der Waals surface area (Å²) in [6, 6.07) is 46.6. The number of para-hydroxylation sites is 2. The molecule has 0 saturated heterocycles. The van der Waals surface area contributed by atoms with Crippen LogP contribution in [0.5, 0.6) is 0 Å². The molecule has 0 amide bonds. The third-order valence-corrected chi connectivity index (χ3v) is 8.85. The highest BCUT2D eigenvalue weighted by Crippen LogP contribution is 2.38. The molecule has 8 aromatic rings. The smallest absolute Gasteiger partial charge is 0.0991 e. The summed E-state index contributed by atoms with van der Waals surface area (Å²) >= 11 is 0. The molecule has 2 heterocycles. The van der Waals surface area contributed by atoms with E-state index in [1.54, 1.807) is 0 Å². The summed E-state index contributed by atoms with van der Waals surface area (Å²) in [5.74, 6) is 0. The lowest BCUT2D eigenvalue weighted by Gasteiger charge is -2.16. The number of benzene rings is 6. The minimum atomic E-state index is 0.659. The molecule has 0 bridgehead atoms. The molecule has 4 nitrogen and oxygen atoms in total. The molecule has 6 aromatic carbocycles. The van der Waals surface area contributed by atoms with E-state index in [2.05, 4.69) is 132 Å². The van der Waals surface area contributed by atoms with Crippen LogP contribution in [0.4, 0.5) is 0 Å². The second-order valence-corrected chi connectivity index (χ2v) is 11.4. The number of aryl methyl sites for hydroxylation is 2. The van der Waals surface area contributed by atoms with Gasteiger partial charge in [-0.05, 0) is 109 Å². The first kappa shape index (κ1) is 25.6. The lowest BCUT2D eigenvalue weighted by Crippen LogP contribution is -1.98. The predicted molar refractivity (Wildman–Crippen MR) is 179 cm³/mol. The van der Waals surface area contributed by atoms with E-state index in [1.165, 1.54) is 22.3 Å². The summed E-state index contributed by atoms with van der Waals surface area (Å²) in [5.41, 5.74) is 12.6. The van der Waals surface area contributed by atoms with Crippen LogP contribution in [0.2, 0.25) is 0 Å². The van der Waals surface area contributed by atoms with Crippen LogP contribution in [-0.4, -0.2) is 9.13 Å². The molecule has 0 aliphatic rings. The molecule has 0 saturated carbocycles. The Balaban J connectivity index is 1.35. The van der Waals surface area contributed by atoms with E-state index >= 15 is 0 Å². The van der Waals surface area contributed by atoms with Gasteiger partial charge in [0, 0.05) is 32.9 Å². The van der Waals surface area contributed by atoms with Crippen LogP contribution in [0.15, 0.2) is 121 Å². The monoisotopic (exact) mass is 562 g/mol. The molecule has 0 aliphatic heterocycles. The van der Waals surface area contributed by atoms with Crippen LogP contribution in [0.1, 0.15) is 22.3 Å². The largest absolute Gasteiger partial charge is 0.309 e. The van der Waals surface area contributed by atoms with Crippen molar-refractivity contribution in [2.24, 2.45) is 0 Å². The average molecular weight is 563 g/mol. The molecule has 8 rings (SSSR count). The Morgan fingerprint density at radius 2 is 0.841 bits per heavy atom. The van der Waals surface area contributed by atoms with Gasteiger partial charge in [0.25, 0.3) is 0 Å². The lowest BCUT2D eigenvalue weighted by atomic mass is 9.95. The fourth-order valence-electron chi connectivity index (χ4n) is 6.72. The van der Waals surface area contributed by atoms with E-state index in [0.717, 1.165) is 55.0 Å². The highest BCUT2D eigenvalue weighted by Gasteiger charge is 2.17. The summed E-state index contributed by atoms with van der Waals surface area (Å²) in [5, 5.41) is 23.6. The van der Waals surface area contributed by atoms with Gasteiger partial charge in [-0.15, -0.1) is 0 Å². The van der Waals surface area contributed by atoms with Gasteiger partial charge in [0.15, 0.2) is 0 Å². The second kappa shape index (κ2) is 9.73.